The van der Waals surface area contributed by atoms with E-state index in [0.29, 0.717) is 38.6 Å². The lowest BCUT2D eigenvalue weighted by Crippen LogP contribution is -2.48. The second-order valence-corrected chi connectivity index (χ2v) is 11.7. The number of nitrogens with zero attached hydrogens (tertiary/aromatic N) is 1. The molecular weight excluding hydrogens is 564 g/mol. The summed E-state index contributed by atoms with van der Waals surface area (Å²) in [7, 11) is 0. The maximum absolute atomic E-state index is 13.7. The molecule has 0 spiro atoms. The molecule has 2 N–H and O–H groups in total. The lowest BCUT2D eigenvalue weighted by atomic mass is 9.92. The Morgan fingerprint density at radius 1 is 0.844 bits per heavy atom. The summed E-state index contributed by atoms with van der Waals surface area (Å²) in [6.07, 6.45) is 5.67. The van der Waals surface area contributed by atoms with Crippen molar-refractivity contribution < 1.29 is 24.2 Å². The molecule has 1 heterocycles. The fraction of sp³-hybridized carbons (Fsp3) is 0.342. The highest BCUT2D eigenvalue weighted by atomic mass is 16.5. The monoisotopic (exact) mass is 608 g/mol. The standard InChI is InChI=1S/C38H44N2O5/c1-3-13-31(24-36(42)40-25-33-20-12-11-19-30(33)23-35(40)26-41)37(43)39-34(22-29-17-9-6-10-18-29)27-45-38(44)32(14-4-2)21-28-15-7-5-8-16-28/h3-12,15-20,31-32,34-35,41H,1-2,13-14,21-27H2,(H,39,43)/t31-,32-,34-,35+/m1/s1. The number of fused-ring (bicyclic) bond motifs is 1. The summed E-state index contributed by atoms with van der Waals surface area (Å²) in [5.74, 6) is -1.88. The Bertz CT molecular complexity index is 1420. The van der Waals surface area contributed by atoms with E-state index in [0.717, 1.165) is 22.3 Å². The molecule has 4 atom stereocenters. The molecule has 7 heteroatoms. The quantitative estimate of drug-likeness (QED) is 0.172. The van der Waals surface area contributed by atoms with Crippen molar-refractivity contribution in [1.29, 1.82) is 0 Å². The molecule has 2 amide bonds. The molecule has 3 aromatic rings. The topological polar surface area (TPSA) is 95.9 Å². The number of benzene rings is 3. The number of nitrogens with one attached hydrogen (secondary N) is 1. The first-order valence-corrected chi connectivity index (χ1v) is 15.7. The number of aliphatic hydroxyl groups excluding tert-OH is 1. The number of allylic oxidation sites excluding steroid dienone is 2. The Labute approximate surface area is 266 Å². The van der Waals surface area contributed by atoms with E-state index in [2.05, 4.69) is 18.5 Å². The first kappa shape index (κ1) is 33.4. The number of carbonyl (C=O) groups excluding carboxylic acids is 3. The highest BCUT2D eigenvalue weighted by Crippen LogP contribution is 2.25. The van der Waals surface area contributed by atoms with Crippen LogP contribution in [0.4, 0.5) is 0 Å². The zero-order valence-electron chi connectivity index (χ0n) is 25.9. The van der Waals surface area contributed by atoms with Crippen LogP contribution in [0.1, 0.15) is 41.5 Å². The number of rotatable bonds is 16. The Kier molecular flexibility index (Phi) is 12.7. The second-order valence-electron chi connectivity index (χ2n) is 11.7. The van der Waals surface area contributed by atoms with Gasteiger partial charge in [0.2, 0.25) is 11.8 Å². The predicted octanol–water partition coefficient (Wildman–Crippen LogP) is 5.22. The fourth-order valence-corrected chi connectivity index (χ4v) is 5.89. The zero-order valence-corrected chi connectivity index (χ0v) is 25.9. The minimum Gasteiger partial charge on any atom is -0.463 e. The van der Waals surface area contributed by atoms with E-state index in [1.165, 1.54) is 0 Å². The van der Waals surface area contributed by atoms with E-state index in [1.54, 1.807) is 17.1 Å². The molecule has 0 unspecified atom stereocenters. The number of hydrogen-bond donors (Lipinski definition) is 2. The van der Waals surface area contributed by atoms with Crippen molar-refractivity contribution in [3.63, 3.8) is 0 Å². The van der Waals surface area contributed by atoms with Gasteiger partial charge in [-0.05, 0) is 54.4 Å². The van der Waals surface area contributed by atoms with Gasteiger partial charge in [-0.1, -0.05) is 97.1 Å². The molecule has 1 aliphatic rings. The summed E-state index contributed by atoms with van der Waals surface area (Å²) in [5, 5.41) is 13.1. The smallest absolute Gasteiger partial charge is 0.309 e. The average molecular weight is 609 g/mol. The molecule has 0 aromatic heterocycles. The van der Waals surface area contributed by atoms with Crippen LogP contribution in [0, 0.1) is 11.8 Å². The molecule has 0 fully saturated rings. The lowest BCUT2D eigenvalue weighted by molar-refractivity contribution is -0.149. The van der Waals surface area contributed by atoms with Crippen LogP contribution in [-0.2, 0) is 44.9 Å². The van der Waals surface area contributed by atoms with Crippen molar-refractivity contribution in [3.05, 3.63) is 132 Å². The van der Waals surface area contributed by atoms with Crippen LogP contribution in [-0.4, -0.2) is 53.1 Å². The van der Waals surface area contributed by atoms with Gasteiger partial charge in [0, 0.05) is 13.0 Å². The molecule has 45 heavy (non-hydrogen) atoms. The molecule has 0 saturated carbocycles. The average Bonchev–Trinajstić information content (AvgIpc) is 3.06. The Balaban J connectivity index is 1.44. The summed E-state index contributed by atoms with van der Waals surface area (Å²) in [4.78, 5) is 42.2. The van der Waals surface area contributed by atoms with Gasteiger partial charge < -0.3 is 20.1 Å². The molecule has 0 bridgehead atoms. The number of hydrogen-bond acceptors (Lipinski definition) is 5. The maximum Gasteiger partial charge on any atom is 0.309 e. The van der Waals surface area contributed by atoms with Gasteiger partial charge in [-0.2, -0.15) is 0 Å². The van der Waals surface area contributed by atoms with Crippen molar-refractivity contribution in [2.24, 2.45) is 11.8 Å². The predicted molar refractivity (Wildman–Crippen MR) is 176 cm³/mol. The number of carbonyl (C=O) groups is 3. The van der Waals surface area contributed by atoms with Crippen molar-refractivity contribution >= 4 is 17.8 Å². The minimum absolute atomic E-state index is 0.00779. The number of amides is 2. The van der Waals surface area contributed by atoms with Crippen LogP contribution in [0.5, 0.6) is 0 Å². The third-order valence-corrected chi connectivity index (χ3v) is 8.34. The SMILES string of the molecule is C=CC[C@H](CC(=O)N1Cc2ccccc2C[C@H]1CO)C(=O)N[C@@H](COC(=O)[C@H](CC=C)Cc1ccccc1)Cc1ccccc1. The van der Waals surface area contributed by atoms with E-state index < -0.39 is 17.9 Å². The number of aliphatic hydroxyl groups is 1. The highest BCUT2D eigenvalue weighted by molar-refractivity contribution is 5.86. The van der Waals surface area contributed by atoms with Gasteiger partial charge in [-0.25, -0.2) is 0 Å². The third-order valence-electron chi connectivity index (χ3n) is 8.34. The molecule has 0 aliphatic carbocycles. The summed E-state index contributed by atoms with van der Waals surface area (Å²) in [6.45, 7) is 7.86. The molecule has 4 rings (SSSR count). The largest absolute Gasteiger partial charge is 0.463 e. The summed E-state index contributed by atoms with van der Waals surface area (Å²) < 4.78 is 5.82. The van der Waals surface area contributed by atoms with Crippen LogP contribution in [0.3, 0.4) is 0 Å². The van der Waals surface area contributed by atoms with Gasteiger partial charge in [0.25, 0.3) is 0 Å². The van der Waals surface area contributed by atoms with Crippen molar-refractivity contribution in [2.45, 2.75) is 57.2 Å². The summed E-state index contributed by atoms with van der Waals surface area (Å²) in [6, 6.07) is 26.5. The van der Waals surface area contributed by atoms with Crippen LogP contribution in [0.2, 0.25) is 0 Å². The van der Waals surface area contributed by atoms with Crippen LogP contribution < -0.4 is 5.32 Å². The van der Waals surface area contributed by atoms with Gasteiger partial charge in [0.15, 0.2) is 0 Å². The number of esters is 1. The maximum atomic E-state index is 13.7. The van der Waals surface area contributed by atoms with Gasteiger partial charge in [0.05, 0.1) is 30.5 Å². The number of ether oxygens (including phenoxy) is 1. The Morgan fingerprint density at radius 3 is 2.04 bits per heavy atom. The van der Waals surface area contributed by atoms with Gasteiger partial charge in [-0.3, -0.25) is 14.4 Å². The van der Waals surface area contributed by atoms with Crippen LogP contribution in [0.15, 0.2) is 110 Å². The van der Waals surface area contributed by atoms with Crippen LogP contribution in [0.25, 0.3) is 0 Å². The van der Waals surface area contributed by atoms with E-state index in [1.807, 2.05) is 84.9 Å². The second kappa shape index (κ2) is 17.1. The van der Waals surface area contributed by atoms with E-state index >= 15 is 0 Å². The zero-order chi connectivity index (χ0) is 32.0. The van der Waals surface area contributed by atoms with Crippen molar-refractivity contribution in [1.82, 2.24) is 10.2 Å². The molecule has 236 valence electrons. The molecule has 1 aliphatic heterocycles. The molecule has 7 nitrogen and oxygen atoms in total. The first-order valence-electron chi connectivity index (χ1n) is 15.7. The van der Waals surface area contributed by atoms with E-state index in [-0.39, 0.29) is 43.5 Å². The van der Waals surface area contributed by atoms with Gasteiger partial charge in [-0.15, -0.1) is 13.2 Å². The highest BCUT2D eigenvalue weighted by Gasteiger charge is 2.32. The van der Waals surface area contributed by atoms with E-state index in [4.69, 9.17) is 4.74 Å². The van der Waals surface area contributed by atoms with E-state index in [9.17, 15) is 19.5 Å². The van der Waals surface area contributed by atoms with Gasteiger partial charge >= 0.3 is 5.97 Å². The summed E-state index contributed by atoms with van der Waals surface area (Å²) in [5.41, 5.74) is 4.19. The van der Waals surface area contributed by atoms with Crippen LogP contribution >= 0.6 is 0 Å². The first-order chi connectivity index (χ1) is 21.9. The molecule has 0 saturated heterocycles. The lowest BCUT2D eigenvalue weighted by Gasteiger charge is -2.36. The minimum atomic E-state index is -0.660. The summed E-state index contributed by atoms with van der Waals surface area (Å²) >= 11 is 0. The molecular formula is C38H44N2O5. The van der Waals surface area contributed by atoms with Crippen molar-refractivity contribution in [3.8, 4) is 0 Å². The normalized spacial score (nSPS) is 16.0. The third kappa shape index (κ3) is 9.75. The van der Waals surface area contributed by atoms with Gasteiger partial charge in [0.1, 0.15) is 6.61 Å². The fourth-order valence-electron chi connectivity index (χ4n) is 5.89. The Morgan fingerprint density at radius 2 is 1.42 bits per heavy atom. The Hall–Kier alpha value is -4.49. The molecule has 3 aromatic carbocycles. The molecule has 0 radical (unpaired) electrons. The van der Waals surface area contributed by atoms with Crippen molar-refractivity contribution in [2.75, 3.05) is 13.2 Å².